The Hall–Kier alpha value is -3.59. The highest BCUT2D eigenvalue weighted by molar-refractivity contribution is 7.91. The number of sulfone groups is 1. The van der Waals surface area contributed by atoms with Gasteiger partial charge in [-0.25, -0.2) is 8.42 Å². The third-order valence-electron chi connectivity index (χ3n) is 4.94. The molecule has 0 radical (unpaired) electrons. The van der Waals surface area contributed by atoms with Crippen LogP contribution in [0.25, 0.3) is 0 Å². The Morgan fingerprint density at radius 3 is 2.25 bits per heavy atom. The van der Waals surface area contributed by atoms with E-state index in [0.29, 0.717) is 28.4 Å². The zero-order valence-corrected chi connectivity index (χ0v) is 19.0. The lowest BCUT2D eigenvalue weighted by Gasteiger charge is -2.15. The fraction of sp³-hybridized carbons (Fsp3) is 0.217. The van der Waals surface area contributed by atoms with Gasteiger partial charge in [-0.15, -0.1) is 0 Å². The summed E-state index contributed by atoms with van der Waals surface area (Å²) in [4.78, 5) is 25.4. The summed E-state index contributed by atoms with van der Waals surface area (Å²) in [6, 6.07) is 14.1. The summed E-state index contributed by atoms with van der Waals surface area (Å²) in [5.74, 6) is 0.593. The van der Waals surface area contributed by atoms with E-state index in [-0.39, 0.29) is 16.3 Å². The number of amides is 1. The lowest BCUT2D eigenvalue weighted by Crippen LogP contribution is -2.33. The maximum absolute atomic E-state index is 13.2. The van der Waals surface area contributed by atoms with Gasteiger partial charge in [0.1, 0.15) is 22.9 Å². The number of aryl methyl sites for hydroxylation is 2. The predicted molar refractivity (Wildman–Crippen MR) is 120 cm³/mol. The molecule has 0 saturated heterocycles. The van der Waals surface area contributed by atoms with Crippen molar-refractivity contribution in [2.24, 2.45) is 0 Å². The molecule has 1 aromatic heterocycles. The van der Waals surface area contributed by atoms with E-state index in [4.69, 9.17) is 9.47 Å². The molecule has 1 N–H and O–H groups in total. The topological polar surface area (TPSA) is 104 Å². The molecule has 1 heterocycles. The Morgan fingerprint density at radius 2 is 1.62 bits per heavy atom. The number of methoxy groups -OCH3 is 2. The molecule has 3 aromatic rings. The molecule has 0 spiro atoms. The van der Waals surface area contributed by atoms with Gasteiger partial charge in [0.2, 0.25) is 15.7 Å². The van der Waals surface area contributed by atoms with Crippen LogP contribution in [0, 0.1) is 13.8 Å². The number of pyridine rings is 1. The van der Waals surface area contributed by atoms with E-state index in [2.05, 4.69) is 5.32 Å². The molecule has 0 aliphatic heterocycles. The normalized spacial score (nSPS) is 11.1. The SMILES string of the molecule is COc1ccc(S(=O)(=O)c2c(C)cc(C)n(CC(=O)Nc3cccc(OC)c3)c2=O)cc1. The van der Waals surface area contributed by atoms with E-state index in [1.807, 2.05) is 0 Å². The van der Waals surface area contributed by atoms with E-state index in [1.54, 1.807) is 44.2 Å². The third kappa shape index (κ3) is 4.67. The number of aromatic nitrogens is 1. The highest BCUT2D eigenvalue weighted by atomic mass is 32.2. The van der Waals surface area contributed by atoms with Crippen molar-refractivity contribution in [3.05, 3.63) is 76.2 Å². The number of carbonyl (C=O) groups excluding carboxylic acids is 1. The number of nitrogens with zero attached hydrogens (tertiary/aromatic N) is 1. The van der Waals surface area contributed by atoms with Crippen molar-refractivity contribution in [2.75, 3.05) is 19.5 Å². The highest BCUT2D eigenvalue weighted by Gasteiger charge is 2.26. The molecular formula is C23H24N2O6S. The van der Waals surface area contributed by atoms with Crippen molar-refractivity contribution >= 4 is 21.4 Å². The first-order chi connectivity index (χ1) is 15.2. The van der Waals surface area contributed by atoms with Gasteiger partial charge in [-0.1, -0.05) is 6.07 Å². The maximum atomic E-state index is 13.2. The van der Waals surface area contributed by atoms with Crippen LogP contribution in [0.3, 0.4) is 0 Å². The van der Waals surface area contributed by atoms with Crippen LogP contribution in [0.2, 0.25) is 0 Å². The molecule has 2 aromatic carbocycles. The molecule has 0 aliphatic carbocycles. The first-order valence-electron chi connectivity index (χ1n) is 9.71. The Labute approximate surface area is 186 Å². The van der Waals surface area contributed by atoms with E-state index in [1.165, 1.54) is 38.5 Å². The van der Waals surface area contributed by atoms with Gasteiger partial charge in [0.05, 0.1) is 19.1 Å². The first kappa shape index (κ1) is 23.1. The summed E-state index contributed by atoms with van der Waals surface area (Å²) >= 11 is 0. The molecule has 0 bridgehead atoms. The van der Waals surface area contributed by atoms with Gasteiger partial charge in [-0.2, -0.15) is 0 Å². The number of carbonyl (C=O) groups is 1. The number of rotatable bonds is 7. The number of benzene rings is 2. The molecule has 3 rings (SSSR count). The third-order valence-corrected chi connectivity index (χ3v) is 6.87. The second-order valence-electron chi connectivity index (χ2n) is 7.15. The van der Waals surface area contributed by atoms with Crippen molar-refractivity contribution in [2.45, 2.75) is 30.2 Å². The fourth-order valence-electron chi connectivity index (χ4n) is 3.35. The Morgan fingerprint density at radius 1 is 0.969 bits per heavy atom. The summed E-state index contributed by atoms with van der Waals surface area (Å²) in [5, 5.41) is 2.69. The van der Waals surface area contributed by atoms with Crippen LogP contribution < -0.4 is 20.3 Å². The van der Waals surface area contributed by atoms with E-state index >= 15 is 0 Å². The van der Waals surface area contributed by atoms with Gasteiger partial charge in [-0.3, -0.25) is 9.59 Å². The second-order valence-corrected chi connectivity index (χ2v) is 9.03. The maximum Gasteiger partial charge on any atom is 0.270 e. The average Bonchev–Trinajstić information content (AvgIpc) is 2.76. The molecule has 1 amide bonds. The Bertz CT molecular complexity index is 1310. The highest BCUT2D eigenvalue weighted by Crippen LogP contribution is 2.24. The van der Waals surface area contributed by atoms with Gasteiger partial charge in [0.25, 0.3) is 5.56 Å². The smallest absolute Gasteiger partial charge is 0.270 e. The number of hydrogen-bond acceptors (Lipinski definition) is 6. The van der Waals surface area contributed by atoms with Crippen molar-refractivity contribution in [3.63, 3.8) is 0 Å². The molecule has 0 saturated carbocycles. The van der Waals surface area contributed by atoms with E-state index < -0.39 is 21.3 Å². The minimum absolute atomic E-state index is 0.0327. The van der Waals surface area contributed by atoms with Gasteiger partial charge >= 0.3 is 0 Å². The first-order valence-corrected chi connectivity index (χ1v) is 11.2. The lowest BCUT2D eigenvalue weighted by molar-refractivity contribution is -0.116. The molecule has 32 heavy (non-hydrogen) atoms. The summed E-state index contributed by atoms with van der Waals surface area (Å²) in [6.07, 6.45) is 0. The molecule has 8 nitrogen and oxygen atoms in total. The van der Waals surface area contributed by atoms with Crippen molar-refractivity contribution in [1.29, 1.82) is 0 Å². The number of hydrogen-bond donors (Lipinski definition) is 1. The van der Waals surface area contributed by atoms with Crippen LogP contribution in [0.15, 0.2) is 69.2 Å². The summed E-state index contributed by atoms with van der Waals surface area (Å²) in [6.45, 7) is 2.87. The van der Waals surface area contributed by atoms with Gasteiger partial charge < -0.3 is 19.4 Å². The quantitative estimate of drug-likeness (QED) is 0.586. The summed E-state index contributed by atoms with van der Waals surface area (Å²) in [5.41, 5.74) is 0.534. The summed E-state index contributed by atoms with van der Waals surface area (Å²) < 4.78 is 37.8. The van der Waals surface area contributed by atoms with Crippen LogP contribution in [-0.4, -0.2) is 33.1 Å². The van der Waals surface area contributed by atoms with Crippen molar-refractivity contribution in [3.8, 4) is 11.5 Å². The van der Waals surface area contributed by atoms with Crippen LogP contribution in [0.5, 0.6) is 11.5 Å². The lowest BCUT2D eigenvalue weighted by atomic mass is 10.2. The number of nitrogens with one attached hydrogen (secondary N) is 1. The zero-order valence-electron chi connectivity index (χ0n) is 18.2. The largest absolute Gasteiger partial charge is 0.497 e. The molecule has 168 valence electrons. The van der Waals surface area contributed by atoms with Crippen molar-refractivity contribution in [1.82, 2.24) is 4.57 Å². The monoisotopic (exact) mass is 456 g/mol. The number of ether oxygens (including phenoxy) is 2. The van der Waals surface area contributed by atoms with E-state index in [9.17, 15) is 18.0 Å². The van der Waals surface area contributed by atoms with Gasteiger partial charge in [0.15, 0.2) is 0 Å². The molecule has 0 aliphatic rings. The van der Waals surface area contributed by atoms with Gasteiger partial charge in [-0.05, 0) is 61.9 Å². The molecule has 0 atom stereocenters. The average molecular weight is 457 g/mol. The van der Waals surface area contributed by atoms with Gasteiger partial charge in [0, 0.05) is 17.4 Å². The van der Waals surface area contributed by atoms with Crippen molar-refractivity contribution < 1.29 is 22.7 Å². The molecule has 0 unspecified atom stereocenters. The Kier molecular flexibility index (Phi) is 6.69. The van der Waals surface area contributed by atoms with Crippen LogP contribution in [0.4, 0.5) is 5.69 Å². The zero-order chi connectivity index (χ0) is 23.5. The predicted octanol–water partition coefficient (Wildman–Crippen LogP) is 2.95. The minimum atomic E-state index is -4.11. The molecule has 0 fully saturated rings. The molecule has 9 heteroatoms. The van der Waals surface area contributed by atoms with Crippen LogP contribution in [-0.2, 0) is 21.2 Å². The number of anilines is 1. The van der Waals surface area contributed by atoms with Crippen LogP contribution in [0.1, 0.15) is 11.3 Å². The van der Waals surface area contributed by atoms with Crippen LogP contribution >= 0.6 is 0 Å². The van der Waals surface area contributed by atoms with E-state index in [0.717, 1.165) is 4.57 Å². The Balaban J connectivity index is 1.97. The minimum Gasteiger partial charge on any atom is -0.497 e. The summed E-state index contributed by atoms with van der Waals surface area (Å²) in [7, 11) is -1.12. The standard InChI is InChI=1S/C23H24N2O6S/c1-15-12-16(2)25(14-21(26)24-17-6-5-7-19(13-17)31-4)23(27)22(15)32(28,29)20-10-8-18(30-3)9-11-20/h5-13H,14H2,1-4H3,(H,24,26). The second kappa shape index (κ2) is 9.27. The fourth-order valence-corrected chi connectivity index (χ4v) is 4.90. The molecular weight excluding hydrogens is 432 g/mol.